The lowest BCUT2D eigenvalue weighted by Crippen LogP contribution is -2.07. The van der Waals surface area contributed by atoms with Gasteiger partial charge in [0.1, 0.15) is 5.78 Å². The van der Waals surface area contributed by atoms with Crippen molar-refractivity contribution in [3.05, 3.63) is 12.2 Å². The average Bonchev–Trinajstić information content (AvgIpc) is 2.02. The van der Waals surface area contributed by atoms with Crippen molar-refractivity contribution in [1.82, 2.24) is 0 Å². The van der Waals surface area contributed by atoms with Gasteiger partial charge < -0.3 is 9.47 Å². The van der Waals surface area contributed by atoms with Crippen LogP contribution in [0, 0.1) is 0 Å². The highest BCUT2D eigenvalue weighted by atomic mass is 16.5. The number of ether oxygens (including phenoxy) is 2. The lowest BCUT2D eigenvalue weighted by atomic mass is 10.1. The minimum atomic E-state index is 0.185. The maximum Gasteiger partial charge on any atom is 0.139 e. The monoisotopic (exact) mass is 186 g/mol. The zero-order valence-corrected chi connectivity index (χ0v) is 8.47. The highest BCUT2D eigenvalue weighted by Crippen LogP contribution is 1.99. The third-order valence-corrected chi connectivity index (χ3v) is 1.46. The molecule has 0 bridgehead atoms. The topological polar surface area (TPSA) is 35.5 Å². The molecule has 0 aromatic rings. The van der Waals surface area contributed by atoms with Crippen LogP contribution in [0.15, 0.2) is 12.2 Å². The zero-order chi connectivity index (χ0) is 10.1. The van der Waals surface area contributed by atoms with Crippen molar-refractivity contribution in [3.8, 4) is 0 Å². The largest absolute Gasteiger partial charge is 0.382 e. The van der Waals surface area contributed by atoms with Crippen molar-refractivity contribution >= 4 is 5.78 Å². The van der Waals surface area contributed by atoms with Crippen LogP contribution in [0.25, 0.3) is 0 Å². The first kappa shape index (κ1) is 12.3. The third kappa shape index (κ3) is 9.24. The second kappa shape index (κ2) is 7.95. The fourth-order valence-corrected chi connectivity index (χ4v) is 0.855. The summed E-state index contributed by atoms with van der Waals surface area (Å²) < 4.78 is 9.94. The normalized spacial score (nSPS) is 10.0. The second-order valence-electron chi connectivity index (χ2n) is 3.03. The van der Waals surface area contributed by atoms with Crippen LogP contribution < -0.4 is 0 Å². The van der Waals surface area contributed by atoms with Gasteiger partial charge in [-0.1, -0.05) is 12.2 Å². The van der Waals surface area contributed by atoms with Crippen LogP contribution in [0.4, 0.5) is 0 Å². The van der Waals surface area contributed by atoms with Gasteiger partial charge in [-0.2, -0.15) is 0 Å². The lowest BCUT2D eigenvalue weighted by molar-refractivity contribution is -0.119. The Balaban J connectivity index is 3.22. The molecule has 0 saturated heterocycles. The maximum absolute atomic E-state index is 11.1. The van der Waals surface area contributed by atoms with Gasteiger partial charge >= 0.3 is 0 Å². The number of ketones is 1. The summed E-state index contributed by atoms with van der Waals surface area (Å²) in [7, 11) is 1.62. The van der Waals surface area contributed by atoms with Crippen molar-refractivity contribution in [3.63, 3.8) is 0 Å². The molecule has 76 valence electrons. The quantitative estimate of drug-likeness (QED) is 0.426. The van der Waals surface area contributed by atoms with Gasteiger partial charge in [-0.25, -0.2) is 0 Å². The van der Waals surface area contributed by atoms with E-state index in [4.69, 9.17) is 9.47 Å². The van der Waals surface area contributed by atoms with Gasteiger partial charge in [0.25, 0.3) is 0 Å². The standard InChI is InChI=1S/C10H18O3/c1-9(2)8-10(11)4-5-13-7-6-12-3/h1,4-8H2,2-3H3. The molecule has 0 aromatic carbocycles. The molecule has 0 fully saturated rings. The van der Waals surface area contributed by atoms with Crippen LogP contribution in [0.3, 0.4) is 0 Å². The second-order valence-corrected chi connectivity index (χ2v) is 3.03. The van der Waals surface area contributed by atoms with Crippen LogP contribution in [-0.2, 0) is 14.3 Å². The molecule has 0 unspecified atom stereocenters. The van der Waals surface area contributed by atoms with Gasteiger partial charge in [0.15, 0.2) is 0 Å². The molecule has 0 aliphatic heterocycles. The molecule has 0 aromatic heterocycles. The molecule has 0 saturated carbocycles. The molecule has 0 rings (SSSR count). The first-order valence-electron chi connectivity index (χ1n) is 4.39. The molecular formula is C10H18O3. The van der Waals surface area contributed by atoms with E-state index >= 15 is 0 Å². The Bertz CT molecular complexity index is 164. The van der Waals surface area contributed by atoms with E-state index in [0.29, 0.717) is 32.7 Å². The predicted molar refractivity (Wildman–Crippen MR) is 51.8 cm³/mol. The van der Waals surface area contributed by atoms with E-state index in [0.717, 1.165) is 5.57 Å². The molecule has 3 nitrogen and oxygen atoms in total. The molecule has 0 spiro atoms. The van der Waals surface area contributed by atoms with Crippen molar-refractivity contribution in [1.29, 1.82) is 0 Å². The first-order valence-corrected chi connectivity index (χ1v) is 4.39. The zero-order valence-electron chi connectivity index (χ0n) is 8.47. The van der Waals surface area contributed by atoms with Gasteiger partial charge in [-0.05, 0) is 6.92 Å². The molecule has 3 heteroatoms. The highest BCUT2D eigenvalue weighted by molar-refractivity contribution is 5.80. The summed E-state index contributed by atoms with van der Waals surface area (Å²) in [6.07, 6.45) is 0.935. The van der Waals surface area contributed by atoms with E-state index in [1.165, 1.54) is 0 Å². The Morgan fingerprint density at radius 2 is 2.00 bits per heavy atom. The molecular weight excluding hydrogens is 168 g/mol. The maximum atomic E-state index is 11.1. The van der Waals surface area contributed by atoms with Crippen LogP contribution in [0.2, 0.25) is 0 Å². The van der Waals surface area contributed by atoms with Gasteiger partial charge in [-0.15, -0.1) is 0 Å². The number of allylic oxidation sites excluding steroid dienone is 1. The fourth-order valence-electron chi connectivity index (χ4n) is 0.855. The summed E-state index contributed by atoms with van der Waals surface area (Å²) in [4.78, 5) is 11.1. The Kier molecular flexibility index (Phi) is 7.54. The van der Waals surface area contributed by atoms with Gasteiger partial charge in [-0.3, -0.25) is 4.79 Å². The number of methoxy groups -OCH3 is 1. The molecule has 0 amide bonds. The van der Waals surface area contributed by atoms with Gasteiger partial charge in [0.2, 0.25) is 0 Å². The van der Waals surface area contributed by atoms with E-state index < -0.39 is 0 Å². The summed E-state index contributed by atoms with van der Waals surface area (Å²) in [6, 6.07) is 0. The van der Waals surface area contributed by atoms with E-state index in [-0.39, 0.29) is 5.78 Å². The number of Topliss-reactive ketones (excluding diaryl/α,β-unsaturated/α-hetero) is 1. The summed E-state index contributed by atoms with van der Waals surface area (Å²) in [5, 5.41) is 0. The number of rotatable bonds is 8. The fraction of sp³-hybridized carbons (Fsp3) is 0.700. The smallest absolute Gasteiger partial charge is 0.139 e. The van der Waals surface area contributed by atoms with Crippen LogP contribution in [-0.4, -0.2) is 32.7 Å². The van der Waals surface area contributed by atoms with E-state index in [1.807, 2.05) is 6.92 Å². The summed E-state index contributed by atoms with van der Waals surface area (Å²) in [6.45, 7) is 7.13. The Morgan fingerprint density at radius 1 is 1.31 bits per heavy atom. The Morgan fingerprint density at radius 3 is 2.54 bits per heavy atom. The van der Waals surface area contributed by atoms with Crippen LogP contribution >= 0.6 is 0 Å². The number of hydrogen-bond acceptors (Lipinski definition) is 3. The minimum absolute atomic E-state index is 0.185. The molecule has 0 aliphatic carbocycles. The van der Waals surface area contributed by atoms with Gasteiger partial charge in [0, 0.05) is 20.0 Å². The first-order chi connectivity index (χ1) is 6.16. The molecule has 0 radical (unpaired) electrons. The van der Waals surface area contributed by atoms with Crippen LogP contribution in [0.1, 0.15) is 19.8 Å². The Hall–Kier alpha value is -0.670. The van der Waals surface area contributed by atoms with Crippen molar-refractivity contribution in [2.24, 2.45) is 0 Å². The van der Waals surface area contributed by atoms with Crippen LogP contribution in [0.5, 0.6) is 0 Å². The number of hydrogen-bond donors (Lipinski definition) is 0. The van der Waals surface area contributed by atoms with Crippen molar-refractivity contribution in [2.45, 2.75) is 19.8 Å². The van der Waals surface area contributed by atoms with E-state index in [1.54, 1.807) is 7.11 Å². The molecule has 0 atom stereocenters. The van der Waals surface area contributed by atoms with Gasteiger partial charge in [0.05, 0.1) is 19.8 Å². The summed E-state index contributed by atoms with van der Waals surface area (Å²) in [5.41, 5.74) is 0.905. The number of carbonyl (C=O) groups excluding carboxylic acids is 1. The van der Waals surface area contributed by atoms with Crippen molar-refractivity contribution in [2.75, 3.05) is 26.9 Å². The van der Waals surface area contributed by atoms with E-state index in [9.17, 15) is 4.79 Å². The molecule has 0 aliphatic rings. The summed E-state index contributed by atoms with van der Waals surface area (Å²) >= 11 is 0. The lowest BCUT2D eigenvalue weighted by Gasteiger charge is -2.02. The third-order valence-electron chi connectivity index (χ3n) is 1.46. The minimum Gasteiger partial charge on any atom is -0.382 e. The van der Waals surface area contributed by atoms with E-state index in [2.05, 4.69) is 6.58 Å². The SMILES string of the molecule is C=C(C)CC(=O)CCOCCOC. The highest BCUT2D eigenvalue weighted by Gasteiger charge is 2.01. The number of carbonyl (C=O) groups is 1. The Labute approximate surface area is 79.7 Å². The predicted octanol–water partition coefficient (Wildman–Crippen LogP) is 1.57. The molecule has 13 heavy (non-hydrogen) atoms. The summed E-state index contributed by atoms with van der Waals surface area (Å²) in [5.74, 6) is 0.185. The molecule has 0 heterocycles. The molecule has 0 N–H and O–H groups in total. The average molecular weight is 186 g/mol. The van der Waals surface area contributed by atoms with Crippen molar-refractivity contribution < 1.29 is 14.3 Å².